The summed E-state index contributed by atoms with van der Waals surface area (Å²) in [5, 5.41) is 3.01. The van der Waals surface area contributed by atoms with Gasteiger partial charge < -0.3 is 11.1 Å². The van der Waals surface area contributed by atoms with Crippen LogP contribution < -0.4 is 11.1 Å². The molecule has 0 radical (unpaired) electrons. The molecule has 0 saturated heterocycles. The minimum absolute atomic E-state index is 0.101. The number of rotatable bonds is 3. The second-order valence-corrected chi connectivity index (χ2v) is 2.34. The fourth-order valence-electron chi connectivity index (χ4n) is 0.310. The molecule has 0 saturated carbocycles. The summed E-state index contributed by atoms with van der Waals surface area (Å²) in [6.07, 6.45) is 1.55. The fraction of sp³-hybridized carbons (Fsp3) is 0.833. The van der Waals surface area contributed by atoms with E-state index in [0.717, 1.165) is 0 Å². The fourth-order valence-corrected chi connectivity index (χ4v) is 0.310. The van der Waals surface area contributed by atoms with Gasteiger partial charge in [0.1, 0.15) is 0 Å². The third kappa shape index (κ3) is 7.43. The van der Waals surface area contributed by atoms with Gasteiger partial charge in [-0.15, -0.1) is 0 Å². The zero-order valence-corrected chi connectivity index (χ0v) is 6.26. The van der Waals surface area contributed by atoms with E-state index in [2.05, 4.69) is 10.3 Å². The van der Waals surface area contributed by atoms with Gasteiger partial charge in [-0.25, -0.2) is 0 Å². The molecule has 3 N–H and O–H groups in total. The first kappa shape index (κ1) is 8.43. The SMILES string of the molecule is CC(N)N=CNC(C)C. The highest BCUT2D eigenvalue weighted by Crippen LogP contribution is 1.74. The highest BCUT2D eigenvalue weighted by molar-refractivity contribution is 5.54. The number of nitrogens with two attached hydrogens (primary N) is 1. The second-order valence-electron chi connectivity index (χ2n) is 2.34. The maximum atomic E-state index is 5.34. The van der Waals surface area contributed by atoms with Crippen LogP contribution >= 0.6 is 0 Å². The molecule has 0 aromatic heterocycles. The van der Waals surface area contributed by atoms with E-state index in [1.54, 1.807) is 6.34 Å². The summed E-state index contributed by atoms with van der Waals surface area (Å²) in [7, 11) is 0. The van der Waals surface area contributed by atoms with Crippen LogP contribution in [-0.4, -0.2) is 18.5 Å². The van der Waals surface area contributed by atoms with Crippen molar-refractivity contribution in [1.82, 2.24) is 5.32 Å². The summed E-state index contributed by atoms with van der Waals surface area (Å²) >= 11 is 0. The van der Waals surface area contributed by atoms with Crippen LogP contribution in [0.15, 0.2) is 4.99 Å². The first-order valence-corrected chi connectivity index (χ1v) is 3.16. The third-order valence-electron chi connectivity index (χ3n) is 0.718. The molecule has 0 aliphatic carbocycles. The Morgan fingerprint density at radius 1 is 1.44 bits per heavy atom. The molecule has 3 nitrogen and oxygen atoms in total. The van der Waals surface area contributed by atoms with Crippen LogP contribution in [0.2, 0.25) is 0 Å². The molecule has 54 valence electrons. The molecule has 0 aliphatic heterocycles. The molecule has 0 spiro atoms. The Balaban J connectivity index is 3.25. The van der Waals surface area contributed by atoms with Crippen LogP contribution in [0.4, 0.5) is 0 Å². The van der Waals surface area contributed by atoms with E-state index >= 15 is 0 Å². The highest BCUT2D eigenvalue weighted by Gasteiger charge is 1.85. The lowest BCUT2D eigenvalue weighted by Crippen LogP contribution is -2.23. The Hall–Kier alpha value is -0.570. The summed E-state index contributed by atoms with van der Waals surface area (Å²) in [4.78, 5) is 3.91. The Bertz CT molecular complexity index is 86.3. The third-order valence-corrected chi connectivity index (χ3v) is 0.718. The minimum Gasteiger partial charge on any atom is -0.374 e. The smallest absolute Gasteiger partial charge is 0.0958 e. The average molecular weight is 129 g/mol. The van der Waals surface area contributed by atoms with E-state index in [1.807, 2.05) is 20.8 Å². The molecule has 0 aromatic rings. The monoisotopic (exact) mass is 129 g/mol. The quantitative estimate of drug-likeness (QED) is 0.426. The lowest BCUT2D eigenvalue weighted by atomic mass is 10.4. The second kappa shape index (κ2) is 4.32. The zero-order chi connectivity index (χ0) is 7.28. The molecular weight excluding hydrogens is 114 g/mol. The molecule has 0 amide bonds. The van der Waals surface area contributed by atoms with Crippen LogP contribution in [0.1, 0.15) is 20.8 Å². The standard InChI is InChI=1S/C6H15N3/c1-5(2)8-4-9-6(3)7/h4-6H,7H2,1-3H3,(H,8,9). The van der Waals surface area contributed by atoms with E-state index in [4.69, 9.17) is 5.73 Å². The van der Waals surface area contributed by atoms with Gasteiger partial charge in [-0.05, 0) is 20.8 Å². The highest BCUT2D eigenvalue weighted by atomic mass is 15.0. The van der Waals surface area contributed by atoms with Crippen LogP contribution in [0, 0.1) is 0 Å². The molecule has 0 fully saturated rings. The van der Waals surface area contributed by atoms with Gasteiger partial charge >= 0.3 is 0 Å². The first-order chi connectivity index (χ1) is 4.13. The van der Waals surface area contributed by atoms with Gasteiger partial charge in [-0.1, -0.05) is 0 Å². The van der Waals surface area contributed by atoms with Crippen molar-refractivity contribution in [2.24, 2.45) is 10.7 Å². The van der Waals surface area contributed by atoms with Crippen molar-refractivity contribution >= 4 is 6.34 Å². The Morgan fingerprint density at radius 3 is 2.33 bits per heavy atom. The van der Waals surface area contributed by atoms with E-state index < -0.39 is 0 Å². The van der Waals surface area contributed by atoms with Gasteiger partial charge in [0.25, 0.3) is 0 Å². The van der Waals surface area contributed by atoms with Gasteiger partial charge in [0.15, 0.2) is 0 Å². The van der Waals surface area contributed by atoms with Crippen LogP contribution in [-0.2, 0) is 0 Å². The van der Waals surface area contributed by atoms with Crippen LogP contribution in [0.25, 0.3) is 0 Å². The first-order valence-electron chi connectivity index (χ1n) is 3.16. The maximum absolute atomic E-state index is 5.34. The van der Waals surface area contributed by atoms with Crippen molar-refractivity contribution < 1.29 is 0 Å². The molecule has 0 aromatic carbocycles. The van der Waals surface area contributed by atoms with Crippen molar-refractivity contribution in [1.29, 1.82) is 0 Å². The van der Waals surface area contributed by atoms with Crippen molar-refractivity contribution in [2.75, 3.05) is 0 Å². The van der Waals surface area contributed by atoms with Gasteiger partial charge in [0, 0.05) is 6.04 Å². The van der Waals surface area contributed by atoms with Gasteiger partial charge in [-0.2, -0.15) is 0 Å². The number of aliphatic imine (C=N–C) groups is 1. The molecule has 0 heterocycles. The summed E-state index contributed by atoms with van der Waals surface area (Å²) in [5.74, 6) is 0. The number of hydrogen-bond acceptors (Lipinski definition) is 2. The lowest BCUT2D eigenvalue weighted by Gasteiger charge is -2.02. The molecule has 0 bridgehead atoms. The molecule has 3 heteroatoms. The lowest BCUT2D eigenvalue weighted by molar-refractivity contribution is 0.725. The number of nitrogens with one attached hydrogen (secondary N) is 1. The minimum atomic E-state index is -0.101. The predicted molar refractivity (Wildman–Crippen MR) is 40.4 cm³/mol. The molecule has 1 unspecified atom stereocenters. The summed E-state index contributed by atoms with van der Waals surface area (Å²) in [5.41, 5.74) is 5.34. The normalized spacial score (nSPS) is 14.8. The van der Waals surface area contributed by atoms with Crippen LogP contribution in [0.3, 0.4) is 0 Å². The predicted octanol–water partition coefficient (Wildman–Crippen LogP) is 0.317. The van der Waals surface area contributed by atoms with Crippen molar-refractivity contribution in [3.05, 3.63) is 0 Å². The van der Waals surface area contributed by atoms with Gasteiger partial charge in [0.05, 0.1) is 12.5 Å². The molecule has 9 heavy (non-hydrogen) atoms. The van der Waals surface area contributed by atoms with Gasteiger partial charge in [0.2, 0.25) is 0 Å². The zero-order valence-electron chi connectivity index (χ0n) is 6.26. The molecule has 1 atom stereocenters. The summed E-state index contributed by atoms with van der Waals surface area (Å²) in [6, 6.07) is 0.437. The van der Waals surface area contributed by atoms with E-state index in [1.165, 1.54) is 0 Å². The van der Waals surface area contributed by atoms with E-state index in [0.29, 0.717) is 6.04 Å². The Morgan fingerprint density at radius 2 is 2.00 bits per heavy atom. The van der Waals surface area contributed by atoms with Crippen molar-refractivity contribution in [3.63, 3.8) is 0 Å². The van der Waals surface area contributed by atoms with E-state index in [-0.39, 0.29) is 6.17 Å². The van der Waals surface area contributed by atoms with E-state index in [9.17, 15) is 0 Å². The largest absolute Gasteiger partial charge is 0.374 e. The van der Waals surface area contributed by atoms with Crippen molar-refractivity contribution in [3.8, 4) is 0 Å². The van der Waals surface area contributed by atoms with Crippen molar-refractivity contribution in [2.45, 2.75) is 33.0 Å². The number of nitrogens with zero attached hydrogens (tertiary/aromatic N) is 1. The summed E-state index contributed by atoms with van der Waals surface area (Å²) < 4.78 is 0. The summed E-state index contributed by atoms with van der Waals surface area (Å²) in [6.45, 7) is 5.93. The Kier molecular flexibility index (Phi) is 4.05. The topological polar surface area (TPSA) is 50.4 Å². The molecule has 0 rings (SSSR count). The van der Waals surface area contributed by atoms with Gasteiger partial charge in [-0.3, -0.25) is 4.99 Å². The average Bonchev–Trinajstić information content (AvgIpc) is 1.63. The molecular formula is C6H15N3. The Labute approximate surface area is 56.3 Å². The molecule has 0 aliphatic rings. The van der Waals surface area contributed by atoms with Crippen LogP contribution in [0.5, 0.6) is 0 Å². The number of hydrogen-bond donors (Lipinski definition) is 2. The maximum Gasteiger partial charge on any atom is 0.0958 e.